The number of benzene rings is 1. The number of thiazole rings is 1. The van der Waals surface area contributed by atoms with Crippen molar-refractivity contribution < 1.29 is 9.13 Å². The molecule has 0 spiro atoms. The summed E-state index contributed by atoms with van der Waals surface area (Å²) in [4.78, 5) is 5.75. The van der Waals surface area contributed by atoms with Crippen LogP contribution in [0.15, 0.2) is 24.3 Å². The van der Waals surface area contributed by atoms with Gasteiger partial charge >= 0.3 is 0 Å². The van der Waals surface area contributed by atoms with E-state index in [0.717, 1.165) is 28.4 Å². The van der Waals surface area contributed by atoms with Crippen molar-refractivity contribution in [3.8, 4) is 5.75 Å². The zero-order valence-corrected chi connectivity index (χ0v) is 12.5. The van der Waals surface area contributed by atoms with E-state index in [1.807, 2.05) is 6.92 Å². The Hall–Kier alpha value is -1.46. The van der Waals surface area contributed by atoms with Crippen molar-refractivity contribution in [2.24, 2.45) is 5.73 Å². The minimum Gasteiger partial charge on any atom is -0.493 e. The number of hydrogen-bond acceptors (Lipinski definition) is 4. The summed E-state index contributed by atoms with van der Waals surface area (Å²) in [6.45, 7) is 4.59. The van der Waals surface area contributed by atoms with Crippen LogP contribution in [0.3, 0.4) is 0 Å². The number of rotatable bonds is 6. The Balaban J connectivity index is 1.92. The van der Waals surface area contributed by atoms with Gasteiger partial charge in [-0.3, -0.25) is 0 Å². The van der Waals surface area contributed by atoms with Crippen LogP contribution in [0.2, 0.25) is 0 Å². The molecule has 2 aromatic rings. The normalized spacial score (nSPS) is 12.4. The average molecular weight is 294 g/mol. The van der Waals surface area contributed by atoms with Gasteiger partial charge in [-0.1, -0.05) is 6.92 Å². The molecule has 0 aliphatic carbocycles. The molecule has 0 bridgehead atoms. The summed E-state index contributed by atoms with van der Waals surface area (Å²) < 4.78 is 18.3. The Morgan fingerprint density at radius 3 is 2.60 bits per heavy atom. The third-order valence-electron chi connectivity index (χ3n) is 2.92. The van der Waals surface area contributed by atoms with Crippen molar-refractivity contribution in [1.29, 1.82) is 0 Å². The van der Waals surface area contributed by atoms with Gasteiger partial charge in [-0.05, 0) is 37.6 Å². The summed E-state index contributed by atoms with van der Waals surface area (Å²) in [7, 11) is 0. The predicted octanol–water partition coefficient (Wildman–Crippen LogP) is 3.49. The highest BCUT2D eigenvalue weighted by atomic mass is 32.1. The van der Waals surface area contributed by atoms with Crippen molar-refractivity contribution >= 4 is 11.3 Å². The van der Waals surface area contributed by atoms with E-state index in [9.17, 15) is 4.39 Å². The molecule has 1 unspecified atom stereocenters. The quantitative estimate of drug-likeness (QED) is 0.887. The van der Waals surface area contributed by atoms with Crippen LogP contribution >= 0.6 is 11.3 Å². The summed E-state index contributed by atoms with van der Waals surface area (Å²) in [5, 5.41) is 1.04. The molecule has 0 radical (unpaired) electrons. The lowest BCUT2D eigenvalue weighted by Crippen LogP contribution is -2.05. The van der Waals surface area contributed by atoms with Crippen molar-refractivity contribution in [1.82, 2.24) is 4.98 Å². The number of nitrogens with two attached hydrogens (primary N) is 1. The van der Waals surface area contributed by atoms with Gasteiger partial charge in [0.2, 0.25) is 0 Å². The highest BCUT2D eigenvalue weighted by Crippen LogP contribution is 2.25. The number of hydrogen-bond donors (Lipinski definition) is 1. The number of halogens is 1. The molecule has 2 rings (SSSR count). The largest absolute Gasteiger partial charge is 0.493 e. The van der Waals surface area contributed by atoms with Gasteiger partial charge in [0.05, 0.1) is 17.3 Å². The Kier molecular flexibility index (Phi) is 5.09. The minimum absolute atomic E-state index is 0.0224. The molecule has 0 fully saturated rings. The van der Waals surface area contributed by atoms with Gasteiger partial charge in [0.15, 0.2) is 0 Å². The molecule has 108 valence electrons. The molecule has 1 aromatic carbocycles. The molecule has 0 saturated heterocycles. The van der Waals surface area contributed by atoms with Gasteiger partial charge < -0.3 is 10.5 Å². The van der Waals surface area contributed by atoms with Gasteiger partial charge in [0.25, 0.3) is 0 Å². The lowest BCUT2D eigenvalue weighted by Gasteiger charge is -2.04. The molecule has 0 saturated carbocycles. The SMILES string of the molecule is CCc1nc(CCOc2ccc(F)cc2)sc1C(C)N. The number of ether oxygens (including phenoxy) is 1. The van der Waals surface area contributed by atoms with Gasteiger partial charge in [-0.25, -0.2) is 9.37 Å². The Labute approximate surface area is 122 Å². The molecule has 1 aromatic heterocycles. The number of aryl methyl sites for hydroxylation is 1. The fraction of sp³-hybridized carbons (Fsp3) is 0.400. The van der Waals surface area contributed by atoms with Crippen LogP contribution in [0.1, 0.15) is 35.5 Å². The molecule has 20 heavy (non-hydrogen) atoms. The number of nitrogens with zero attached hydrogens (tertiary/aromatic N) is 1. The maximum atomic E-state index is 12.8. The molecule has 5 heteroatoms. The summed E-state index contributed by atoms with van der Waals surface area (Å²) >= 11 is 1.65. The minimum atomic E-state index is -0.258. The number of aromatic nitrogens is 1. The first-order valence-corrected chi connectivity index (χ1v) is 7.54. The Morgan fingerprint density at radius 2 is 2.05 bits per heavy atom. The fourth-order valence-corrected chi connectivity index (χ4v) is 3.01. The summed E-state index contributed by atoms with van der Waals surface area (Å²) in [6.07, 6.45) is 1.63. The van der Waals surface area contributed by atoms with Crippen LogP contribution in [0.25, 0.3) is 0 Å². The fourth-order valence-electron chi connectivity index (χ4n) is 1.92. The molecule has 2 N–H and O–H groups in total. The first-order valence-electron chi connectivity index (χ1n) is 6.72. The van der Waals surface area contributed by atoms with Crippen molar-refractivity contribution in [2.75, 3.05) is 6.61 Å². The predicted molar refractivity (Wildman–Crippen MR) is 79.7 cm³/mol. The average Bonchev–Trinajstić information content (AvgIpc) is 2.84. The highest BCUT2D eigenvalue weighted by Gasteiger charge is 2.12. The van der Waals surface area contributed by atoms with E-state index in [4.69, 9.17) is 10.5 Å². The van der Waals surface area contributed by atoms with E-state index in [1.54, 1.807) is 23.5 Å². The Bertz CT molecular complexity index is 552. The zero-order valence-electron chi connectivity index (χ0n) is 11.7. The van der Waals surface area contributed by atoms with Crippen LogP contribution in [0, 0.1) is 5.82 Å². The molecular weight excluding hydrogens is 275 g/mol. The molecule has 0 aliphatic heterocycles. The summed E-state index contributed by atoms with van der Waals surface area (Å²) in [5.41, 5.74) is 7.03. The highest BCUT2D eigenvalue weighted by molar-refractivity contribution is 7.11. The lowest BCUT2D eigenvalue weighted by molar-refractivity contribution is 0.321. The van der Waals surface area contributed by atoms with Crippen LogP contribution in [0.5, 0.6) is 5.75 Å². The van der Waals surface area contributed by atoms with Crippen LogP contribution in [-0.2, 0) is 12.8 Å². The monoisotopic (exact) mass is 294 g/mol. The molecule has 3 nitrogen and oxygen atoms in total. The third-order valence-corrected chi connectivity index (χ3v) is 4.28. The van der Waals surface area contributed by atoms with Crippen LogP contribution in [-0.4, -0.2) is 11.6 Å². The van der Waals surface area contributed by atoms with Gasteiger partial charge in [0.1, 0.15) is 11.6 Å². The van der Waals surface area contributed by atoms with Crippen LogP contribution < -0.4 is 10.5 Å². The van der Waals surface area contributed by atoms with Crippen molar-refractivity contribution in [3.63, 3.8) is 0 Å². The molecule has 1 heterocycles. The molecule has 0 amide bonds. The third kappa shape index (κ3) is 3.77. The lowest BCUT2D eigenvalue weighted by atomic mass is 10.2. The van der Waals surface area contributed by atoms with E-state index in [2.05, 4.69) is 11.9 Å². The maximum Gasteiger partial charge on any atom is 0.123 e. The second-order valence-electron chi connectivity index (χ2n) is 4.61. The Morgan fingerprint density at radius 1 is 1.35 bits per heavy atom. The van der Waals surface area contributed by atoms with Gasteiger partial charge in [-0.15, -0.1) is 11.3 Å². The smallest absolute Gasteiger partial charge is 0.123 e. The van der Waals surface area contributed by atoms with E-state index in [1.165, 1.54) is 12.1 Å². The van der Waals surface area contributed by atoms with Crippen molar-refractivity contribution in [3.05, 3.63) is 45.7 Å². The summed E-state index contributed by atoms with van der Waals surface area (Å²) in [6, 6.07) is 6.06. The van der Waals surface area contributed by atoms with E-state index in [-0.39, 0.29) is 11.9 Å². The van der Waals surface area contributed by atoms with E-state index in [0.29, 0.717) is 12.4 Å². The zero-order chi connectivity index (χ0) is 14.5. The van der Waals surface area contributed by atoms with Gasteiger partial charge in [-0.2, -0.15) is 0 Å². The van der Waals surface area contributed by atoms with E-state index >= 15 is 0 Å². The molecule has 0 aliphatic rings. The second kappa shape index (κ2) is 6.81. The van der Waals surface area contributed by atoms with Crippen molar-refractivity contribution in [2.45, 2.75) is 32.7 Å². The topological polar surface area (TPSA) is 48.1 Å². The molecular formula is C15H19FN2OS. The standard InChI is InChI=1S/C15H19FN2OS/c1-3-13-15(10(2)17)20-14(18-13)8-9-19-12-6-4-11(16)5-7-12/h4-7,10H,3,8-9,17H2,1-2H3. The second-order valence-corrected chi connectivity index (χ2v) is 5.73. The first kappa shape index (κ1) is 14.9. The first-order chi connectivity index (χ1) is 9.60. The molecule has 1 atom stereocenters. The van der Waals surface area contributed by atoms with E-state index < -0.39 is 0 Å². The summed E-state index contributed by atoms with van der Waals surface area (Å²) in [5.74, 6) is 0.414. The maximum absolute atomic E-state index is 12.8. The van der Waals surface area contributed by atoms with Crippen LogP contribution in [0.4, 0.5) is 4.39 Å². The van der Waals surface area contributed by atoms with Gasteiger partial charge in [0, 0.05) is 17.3 Å².